The van der Waals surface area contributed by atoms with E-state index in [0.717, 1.165) is 45.2 Å². The molecule has 0 aromatic rings. The Labute approximate surface area is 114 Å². The second-order valence-corrected chi connectivity index (χ2v) is 5.87. The van der Waals surface area contributed by atoms with Gasteiger partial charge in [0.2, 0.25) is 5.91 Å². The minimum absolute atomic E-state index is 0.0946. The maximum Gasteiger partial charge on any atom is 0.329 e. The van der Waals surface area contributed by atoms with Crippen LogP contribution in [0.15, 0.2) is 0 Å². The molecule has 19 heavy (non-hydrogen) atoms. The van der Waals surface area contributed by atoms with E-state index in [1.807, 2.05) is 0 Å². The van der Waals surface area contributed by atoms with E-state index >= 15 is 0 Å². The number of nitrogens with one attached hydrogen (secondary N) is 2. The molecule has 5 heteroatoms. The third-order valence-electron chi connectivity index (χ3n) is 4.48. The van der Waals surface area contributed by atoms with E-state index in [9.17, 15) is 14.7 Å². The Morgan fingerprint density at radius 2 is 1.84 bits per heavy atom. The van der Waals surface area contributed by atoms with Crippen molar-refractivity contribution in [2.45, 2.75) is 56.9 Å². The number of carboxylic acids is 1. The molecule has 108 valence electrons. The predicted molar refractivity (Wildman–Crippen MR) is 71.8 cm³/mol. The Hall–Kier alpha value is -1.10. The van der Waals surface area contributed by atoms with Crippen molar-refractivity contribution < 1.29 is 14.7 Å². The average molecular weight is 268 g/mol. The number of amides is 1. The molecule has 2 rings (SSSR count). The quantitative estimate of drug-likeness (QED) is 0.702. The average Bonchev–Trinajstić information content (AvgIpc) is 2.87. The Balaban J connectivity index is 1.78. The lowest BCUT2D eigenvalue weighted by Gasteiger charge is -2.26. The van der Waals surface area contributed by atoms with Gasteiger partial charge in [0.25, 0.3) is 0 Å². The van der Waals surface area contributed by atoms with Crippen LogP contribution in [0.4, 0.5) is 0 Å². The fraction of sp³-hybridized carbons (Fsp3) is 0.857. The Morgan fingerprint density at radius 1 is 1.21 bits per heavy atom. The van der Waals surface area contributed by atoms with Gasteiger partial charge in [-0.15, -0.1) is 0 Å². The van der Waals surface area contributed by atoms with E-state index in [1.54, 1.807) is 0 Å². The van der Waals surface area contributed by atoms with Gasteiger partial charge < -0.3 is 15.7 Å². The van der Waals surface area contributed by atoms with Crippen LogP contribution in [0.2, 0.25) is 0 Å². The smallest absolute Gasteiger partial charge is 0.329 e. The lowest BCUT2D eigenvalue weighted by Crippen LogP contribution is -2.52. The third kappa shape index (κ3) is 3.69. The molecule has 5 nitrogen and oxygen atoms in total. The molecular weight excluding hydrogens is 244 g/mol. The predicted octanol–water partition coefficient (Wildman–Crippen LogP) is 1.28. The van der Waals surface area contributed by atoms with Gasteiger partial charge in [0.05, 0.1) is 0 Å². The zero-order valence-electron chi connectivity index (χ0n) is 11.4. The fourth-order valence-electron chi connectivity index (χ4n) is 3.21. The molecule has 2 aliphatic rings. The van der Waals surface area contributed by atoms with Crippen LogP contribution in [-0.4, -0.2) is 35.6 Å². The standard InChI is InChI=1S/C14H24N2O3/c17-12(4-3-11-5-9-15-10-6-11)16-14(13(18)19)7-1-2-8-14/h11,15H,1-10H2,(H,16,17)(H,18,19). The zero-order valence-corrected chi connectivity index (χ0v) is 11.4. The highest BCUT2D eigenvalue weighted by Gasteiger charge is 2.42. The van der Waals surface area contributed by atoms with Gasteiger partial charge in [-0.3, -0.25) is 4.79 Å². The second-order valence-electron chi connectivity index (χ2n) is 5.87. The summed E-state index contributed by atoms with van der Waals surface area (Å²) in [5.74, 6) is -0.362. The Kier molecular flexibility index (Phi) is 4.80. The number of hydrogen-bond acceptors (Lipinski definition) is 3. The van der Waals surface area contributed by atoms with Crippen LogP contribution in [0.25, 0.3) is 0 Å². The van der Waals surface area contributed by atoms with Crippen LogP contribution in [0.5, 0.6) is 0 Å². The van der Waals surface area contributed by atoms with Crippen molar-refractivity contribution in [2.75, 3.05) is 13.1 Å². The van der Waals surface area contributed by atoms with E-state index < -0.39 is 11.5 Å². The number of piperidine rings is 1. The summed E-state index contributed by atoms with van der Waals surface area (Å²) in [7, 11) is 0. The van der Waals surface area contributed by atoms with Crippen molar-refractivity contribution in [3.63, 3.8) is 0 Å². The number of rotatable bonds is 5. The molecule has 0 aromatic heterocycles. The van der Waals surface area contributed by atoms with Gasteiger partial charge in [0, 0.05) is 6.42 Å². The summed E-state index contributed by atoms with van der Waals surface area (Å²) in [6.45, 7) is 2.07. The molecule has 2 fully saturated rings. The monoisotopic (exact) mass is 268 g/mol. The van der Waals surface area contributed by atoms with Crippen LogP contribution < -0.4 is 10.6 Å². The summed E-state index contributed by atoms with van der Waals surface area (Å²) in [6, 6.07) is 0. The largest absolute Gasteiger partial charge is 0.480 e. The number of aliphatic carboxylic acids is 1. The summed E-state index contributed by atoms with van der Waals surface area (Å²) >= 11 is 0. The van der Waals surface area contributed by atoms with E-state index in [2.05, 4.69) is 10.6 Å². The maximum absolute atomic E-state index is 12.0. The lowest BCUT2D eigenvalue weighted by molar-refractivity contribution is -0.147. The van der Waals surface area contributed by atoms with Gasteiger partial charge in [0.1, 0.15) is 5.54 Å². The molecule has 1 saturated carbocycles. The Morgan fingerprint density at radius 3 is 2.42 bits per heavy atom. The molecular formula is C14H24N2O3. The first kappa shape index (κ1) is 14.3. The van der Waals surface area contributed by atoms with Crippen molar-refractivity contribution in [3.05, 3.63) is 0 Å². The van der Waals surface area contributed by atoms with Gasteiger partial charge in [0.15, 0.2) is 0 Å². The van der Waals surface area contributed by atoms with Crippen molar-refractivity contribution in [2.24, 2.45) is 5.92 Å². The van der Waals surface area contributed by atoms with Gasteiger partial charge in [-0.05, 0) is 51.1 Å². The number of hydrogen-bond donors (Lipinski definition) is 3. The SMILES string of the molecule is O=C(CCC1CCNCC1)NC1(C(=O)O)CCCC1. The van der Waals surface area contributed by atoms with Crippen LogP contribution in [0, 0.1) is 5.92 Å². The molecule has 0 bridgehead atoms. The van der Waals surface area contributed by atoms with Crippen LogP contribution >= 0.6 is 0 Å². The minimum atomic E-state index is -0.981. The minimum Gasteiger partial charge on any atom is -0.480 e. The molecule has 3 N–H and O–H groups in total. The van der Waals surface area contributed by atoms with E-state index in [-0.39, 0.29) is 5.91 Å². The summed E-state index contributed by atoms with van der Waals surface area (Å²) in [6.07, 6.45) is 6.50. The van der Waals surface area contributed by atoms with E-state index in [0.29, 0.717) is 25.2 Å². The maximum atomic E-state index is 12.0. The third-order valence-corrected chi connectivity index (χ3v) is 4.48. The fourth-order valence-corrected chi connectivity index (χ4v) is 3.21. The molecule has 1 aliphatic heterocycles. The molecule has 0 aromatic carbocycles. The number of carbonyl (C=O) groups is 2. The van der Waals surface area contributed by atoms with E-state index in [4.69, 9.17) is 0 Å². The van der Waals surface area contributed by atoms with Gasteiger partial charge in [-0.25, -0.2) is 4.79 Å². The Bertz CT molecular complexity index is 332. The van der Waals surface area contributed by atoms with Crippen LogP contribution in [0.3, 0.4) is 0 Å². The van der Waals surface area contributed by atoms with Crippen LogP contribution in [0.1, 0.15) is 51.4 Å². The molecule has 0 spiro atoms. The topological polar surface area (TPSA) is 78.4 Å². The second kappa shape index (κ2) is 6.37. The first-order valence-electron chi connectivity index (χ1n) is 7.37. The summed E-state index contributed by atoms with van der Waals surface area (Å²) in [5.41, 5.74) is -0.981. The molecule has 1 amide bonds. The van der Waals surface area contributed by atoms with Gasteiger partial charge in [-0.1, -0.05) is 12.8 Å². The number of carbonyl (C=O) groups excluding carboxylic acids is 1. The van der Waals surface area contributed by atoms with Gasteiger partial charge in [-0.2, -0.15) is 0 Å². The summed E-state index contributed by atoms with van der Waals surface area (Å²) in [5, 5.41) is 15.4. The number of carboxylic acid groups (broad SMARTS) is 1. The van der Waals surface area contributed by atoms with Crippen LogP contribution in [-0.2, 0) is 9.59 Å². The molecule has 0 atom stereocenters. The first-order chi connectivity index (χ1) is 9.12. The molecule has 1 saturated heterocycles. The molecule has 0 radical (unpaired) electrons. The highest BCUT2D eigenvalue weighted by Crippen LogP contribution is 2.30. The van der Waals surface area contributed by atoms with E-state index in [1.165, 1.54) is 0 Å². The van der Waals surface area contributed by atoms with Crippen molar-refractivity contribution in [3.8, 4) is 0 Å². The first-order valence-corrected chi connectivity index (χ1v) is 7.37. The van der Waals surface area contributed by atoms with Crippen molar-refractivity contribution in [1.29, 1.82) is 0 Å². The van der Waals surface area contributed by atoms with Crippen molar-refractivity contribution >= 4 is 11.9 Å². The normalized spacial score (nSPS) is 23.2. The summed E-state index contributed by atoms with van der Waals surface area (Å²) in [4.78, 5) is 23.3. The zero-order chi connectivity index (χ0) is 13.7. The summed E-state index contributed by atoms with van der Waals surface area (Å²) < 4.78 is 0. The highest BCUT2D eigenvalue weighted by molar-refractivity contribution is 5.87. The molecule has 0 unspecified atom stereocenters. The lowest BCUT2D eigenvalue weighted by atomic mass is 9.92. The van der Waals surface area contributed by atoms with Gasteiger partial charge >= 0.3 is 5.97 Å². The molecule has 1 heterocycles. The molecule has 1 aliphatic carbocycles. The van der Waals surface area contributed by atoms with Crippen molar-refractivity contribution in [1.82, 2.24) is 10.6 Å². The highest BCUT2D eigenvalue weighted by atomic mass is 16.4.